The van der Waals surface area contributed by atoms with E-state index in [4.69, 9.17) is 0 Å². The largest absolute Gasteiger partial charge is 0.314 e. The van der Waals surface area contributed by atoms with Crippen molar-refractivity contribution in [2.75, 3.05) is 6.54 Å². The summed E-state index contributed by atoms with van der Waals surface area (Å²) in [4.78, 5) is 8.23. The highest BCUT2D eigenvalue weighted by molar-refractivity contribution is 5.20. The summed E-state index contributed by atoms with van der Waals surface area (Å²) >= 11 is 0. The van der Waals surface area contributed by atoms with Crippen molar-refractivity contribution >= 4 is 0 Å². The van der Waals surface area contributed by atoms with E-state index in [0.717, 1.165) is 6.54 Å². The van der Waals surface area contributed by atoms with Gasteiger partial charge in [-0.15, -0.1) is 0 Å². The molecule has 1 fully saturated rings. The lowest BCUT2D eigenvalue weighted by atomic mass is 9.82. The number of rotatable bonds is 3. The van der Waals surface area contributed by atoms with E-state index in [0.29, 0.717) is 6.04 Å². The van der Waals surface area contributed by atoms with E-state index in [-0.39, 0.29) is 5.41 Å². The van der Waals surface area contributed by atoms with Crippen LogP contribution in [0, 0.1) is 0 Å². The second-order valence-corrected chi connectivity index (χ2v) is 4.69. The first kappa shape index (κ1) is 10.6. The van der Waals surface area contributed by atoms with Crippen LogP contribution in [0.3, 0.4) is 0 Å². The Morgan fingerprint density at radius 3 is 2.87 bits per heavy atom. The van der Waals surface area contributed by atoms with Gasteiger partial charge in [0.2, 0.25) is 0 Å². The number of hydrogen-bond donors (Lipinski definition) is 1. The molecule has 0 radical (unpaired) electrons. The number of hydrogen-bond acceptors (Lipinski definition) is 3. The molecule has 15 heavy (non-hydrogen) atoms. The van der Waals surface area contributed by atoms with Crippen LogP contribution in [0.4, 0.5) is 0 Å². The Morgan fingerprint density at radius 2 is 2.20 bits per heavy atom. The third-order valence-electron chi connectivity index (χ3n) is 3.49. The van der Waals surface area contributed by atoms with Crippen LogP contribution >= 0.6 is 0 Å². The Bertz CT molecular complexity index is 312. The fourth-order valence-corrected chi connectivity index (χ4v) is 2.58. The minimum atomic E-state index is 0.272. The quantitative estimate of drug-likeness (QED) is 0.819. The molecular formula is C12H19N3. The molecule has 3 heteroatoms. The van der Waals surface area contributed by atoms with Gasteiger partial charge in [-0.05, 0) is 36.8 Å². The van der Waals surface area contributed by atoms with E-state index in [9.17, 15) is 0 Å². The molecular weight excluding hydrogens is 186 g/mol. The lowest BCUT2D eigenvalue weighted by Crippen LogP contribution is -2.28. The van der Waals surface area contributed by atoms with E-state index in [1.807, 2.05) is 12.4 Å². The van der Waals surface area contributed by atoms with Gasteiger partial charge in [0.05, 0.1) is 0 Å². The average molecular weight is 205 g/mol. The van der Waals surface area contributed by atoms with Crippen LogP contribution in [0.15, 0.2) is 18.7 Å². The van der Waals surface area contributed by atoms with Crippen molar-refractivity contribution in [2.24, 2.45) is 0 Å². The van der Waals surface area contributed by atoms with Gasteiger partial charge in [0.1, 0.15) is 6.33 Å². The molecule has 3 nitrogen and oxygen atoms in total. The Hall–Kier alpha value is -0.960. The average Bonchev–Trinajstić information content (AvgIpc) is 2.64. The van der Waals surface area contributed by atoms with Crippen molar-refractivity contribution in [3.05, 3.63) is 24.3 Å². The third-order valence-corrected chi connectivity index (χ3v) is 3.49. The maximum Gasteiger partial charge on any atom is 0.115 e. The molecule has 0 saturated heterocycles. The molecule has 2 atom stereocenters. The second kappa shape index (κ2) is 4.27. The molecule has 1 aromatic heterocycles. The highest BCUT2D eigenvalue weighted by atomic mass is 14.9. The first-order valence-corrected chi connectivity index (χ1v) is 5.73. The molecule has 0 aliphatic heterocycles. The summed E-state index contributed by atoms with van der Waals surface area (Å²) in [5.41, 5.74) is 1.55. The summed E-state index contributed by atoms with van der Waals surface area (Å²) in [6, 6.07) is 0.667. The van der Waals surface area contributed by atoms with Crippen molar-refractivity contribution < 1.29 is 0 Å². The van der Waals surface area contributed by atoms with E-state index >= 15 is 0 Å². The predicted octanol–water partition coefficient (Wildman–Crippen LogP) is 1.90. The predicted molar refractivity (Wildman–Crippen MR) is 60.7 cm³/mol. The molecule has 0 aromatic carbocycles. The van der Waals surface area contributed by atoms with Gasteiger partial charge in [-0.2, -0.15) is 0 Å². The van der Waals surface area contributed by atoms with E-state index in [1.54, 1.807) is 6.33 Å². The summed E-state index contributed by atoms with van der Waals surface area (Å²) in [6.45, 7) is 5.55. The van der Waals surface area contributed by atoms with E-state index in [2.05, 4.69) is 29.1 Å². The Labute approximate surface area is 91.3 Å². The standard InChI is InChI=1S/C12H19N3/c1-3-15-11-4-5-12(2,6-11)10-7-13-9-14-8-10/h7-9,11,15H,3-6H2,1-2H3. The molecule has 1 heterocycles. The van der Waals surface area contributed by atoms with Gasteiger partial charge < -0.3 is 5.32 Å². The van der Waals surface area contributed by atoms with Crippen LogP contribution in [0.25, 0.3) is 0 Å². The zero-order valence-corrected chi connectivity index (χ0v) is 9.53. The van der Waals surface area contributed by atoms with Crippen LogP contribution in [0.1, 0.15) is 38.7 Å². The van der Waals surface area contributed by atoms with E-state index in [1.165, 1.54) is 24.8 Å². The SMILES string of the molecule is CCNC1CCC(C)(c2cncnc2)C1. The normalized spacial score (nSPS) is 30.7. The molecule has 1 aliphatic carbocycles. The monoisotopic (exact) mass is 205 g/mol. The van der Waals surface area contributed by atoms with Crippen LogP contribution in [0.5, 0.6) is 0 Å². The van der Waals surface area contributed by atoms with Crippen molar-refractivity contribution in [3.8, 4) is 0 Å². The molecule has 2 unspecified atom stereocenters. The molecule has 0 spiro atoms. The first-order valence-electron chi connectivity index (χ1n) is 5.73. The van der Waals surface area contributed by atoms with Crippen molar-refractivity contribution in [1.82, 2.24) is 15.3 Å². The van der Waals surface area contributed by atoms with Gasteiger partial charge in [-0.1, -0.05) is 13.8 Å². The molecule has 1 aliphatic rings. The molecule has 82 valence electrons. The summed E-state index contributed by atoms with van der Waals surface area (Å²) < 4.78 is 0. The van der Waals surface area contributed by atoms with Crippen LogP contribution in [-0.4, -0.2) is 22.6 Å². The molecule has 1 N–H and O–H groups in total. The van der Waals surface area contributed by atoms with Crippen molar-refractivity contribution in [2.45, 2.75) is 44.6 Å². The Morgan fingerprint density at radius 1 is 1.47 bits per heavy atom. The van der Waals surface area contributed by atoms with Gasteiger partial charge in [0.25, 0.3) is 0 Å². The summed E-state index contributed by atoms with van der Waals surface area (Å²) in [6.07, 6.45) is 9.22. The van der Waals surface area contributed by atoms with Crippen LogP contribution in [-0.2, 0) is 5.41 Å². The highest BCUT2D eigenvalue weighted by Crippen LogP contribution is 2.40. The summed E-state index contributed by atoms with van der Waals surface area (Å²) in [5.74, 6) is 0. The fourth-order valence-electron chi connectivity index (χ4n) is 2.58. The minimum Gasteiger partial charge on any atom is -0.314 e. The van der Waals surface area contributed by atoms with Crippen LogP contribution in [0.2, 0.25) is 0 Å². The lowest BCUT2D eigenvalue weighted by Gasteiger charge is -2.23. The van der Waals surface area contributed by atoms with Gasteiger partial charge in [0, 0.05) is 18.4 Å². The highest BCUT2D eigenvalue weighted by Gasteiger charge is 2.36. The lowest BCUT2D eigenvalue weighted by molar-refractivity contribution is 0.455. The second-order valence-electron chi connectivity index (χ2n) is 4.69. The Balaban J connectivity index is 2.10. The molecule has 1 saturated carbocycles. The smallest absolute Gasteiger partial charge is 0.115 e. The summed E-state index contributed by atoms with van der Waals surface area (Å²) in [5, 5.41) is 3.53. The first-order chi connectivity index (χ1) is 7.24. The zero-order chi connectivity index (χ0) is 10.7. The molecule has 2 rings (SSSR count). The maximum atomic E-state index is 4.11. The number of nitrogens with one attached hydrogen (secondary N) is 1. The Kier molecular flexibility index (Phi) is 3.00. The fraction of sp³-hybridized carbons (Fsp3) is 0.667. The minimum absolute atomic E-state index is 0.272. The van der Waals surface area contributed by atoms with Crippen molar-refractivity contribution in [3.63, 3.8) is 0 Å². The topological polar surface area (TPSA) is 37.8 Å². The number of aromatic nitrogens is 2. The molecule has 0 bridgehead atoms. The molecule has 0 amide bonds. The van der Waals surface area contributed by atoms with Gasteiger partial charge in [-0.3, -0.25) is 0 Å². The summed E-state index contributed by atoms with van der Waals surface area (Å²) in [7, 11) is 0. The zero-order valence-electron chi connectivity index (χ0n) is 9.53. The molecule has 1 aromatic rings. The maximum absolute atomic E-state index is 4.11. The van der Waals surface area contributed by atoms with Gasteiger partial charge in [-0.25, -0.2) is 9.97 Å². The van der Waals surface area contributed by atoms with Gasteiger partial charge >= 0.3 is 0 Å². The number of nitrogens with zero attached hydrogens (tertiary/aromatic N) is 2. The van der Waals surface area contributed by atoms with Crippen molar-refractivity contribution in [1.29, 1.82) is 0 Å². The van der Waals surface area contributed by atoms with E-state index < -0.39 is 0 Å². The van der Waals surface area contributed by atoms with Gasteiger partial charge in [0.15, 0.2) is 0 Å². The third kappa shape index (κ3) is 2.17. The van der Waals surface area contributed by atoms with Crippen LogP contribution < -0.4 is 5.32 Å².